The molecule has 2 saturated heterocycles. The summed E-state index contributed by atoms with van der Waals surface area (Å²) in [4.78, 5) is 12.4. The van der Waals surface area contributed by atoms with Gasteiger partial charge in [0.05, 0.1) is 17.9 Å². The van der Waals surface area contributed by atoms with Crippen LogP contribution in [0.3, 0.4) is 0 Å². The van der Waals surface area contributed by atoms with Crippen molar-refractivity contribution in [2.24, 2.45) is 5.92 Å². The number of nitrogens with one attached hydrogen (secondary N) is 2. The second kappa shape index (κ2) is 6.96. The molecule has 3 heterocycles. The summed E-state index contributed by atoms with van der Waals surface area (Å²) >= 11 is 0. The first-order valence-corrected chi connectivity index (χ1v) is 9.20. The Bertz CT molecular complexity index is 716. The maximum atomic E-state index is 12.4. The summed E-state index contributed by atoms with van der Waals surface area (Å²) in [5.41, 5.74) is 1.74. The third-order valence-corrected chi connectivity index (χ3v) is 5.40. The molecule has 1 aromatic carbocycles. The minimum Gasteiger partial charge on any atom is -0.348 e. The number of piperidine rings is 1. The minimum atomic E-state index is -0.136. The fourth-order valence-corrected chi connectivity index (χ4v) is 4.16. The highest BCUT2D eigenvalue weighted by Crippen LogP contribution is 2.32. The Morgan fingerprint density at radius 2 is 2.00 bits per heavy atom. The van der Waals surface area contributed by atoms with E-state index < -0.39 is 0 Å². The molecule has 3 atom stereocenters. The average molecular weight is 339 g/mol. The van der Waals surface area contributed by atoms with E-state index in [0.29, 0.717) is 24.4 Å². The zero-order valence-electron chi connectivity index (χ0n) is 14.6. The number of hydrogen-bond donors (Lipinski definition) is 2. The van der Waals surface area contributed by atoms with E-state index in [0.717, 1.165) is 24.2 Å². The number of carbonyl (C=O) groups is 1. The Balaban J connectivity index is 1.33. The van der Waals surface area contributed by atoms with Gasteiger partial charge >= 0.3 is 0 Å². The van der Waals surface area contributed by atoms with Gasteiger partial charge in [0.1, 0.15) is 5.69 Å². The van der Waals surface area contributed by atoms with E-state index in [1.54, 1.807) is 4.68 Å². The molecule has 0 spiro atoms. The van der Waals surface area contributed by atoms with Crippen LogP contribution in [0.4, 0.5) is 0 Å². The Morgan fingerprint density at radius 3 is 2.72 bits per heavy atom. The number of hydrogen-bond acceptors (Lipinski definition) is 4. The van der Waals surface area contributed by atoms with Crippen LogP contribution in [0.25, 0.3) is 5.69 Å². The largest absolute Gasteiger partial charge is 0.348 e. The summed E-state index contributed by atoms with van der Waals surface area (Å²) in [6.07, 6.45) is 7.28. The first-order chi connectivity index (χ1) is 12.2. The normalized spacial score (nSPS) is 26.4. The molecule has 1 amide bonds. The van der Waals surface area contributed by atoms with Crippen LogP contribution in [0.15, 0.2) is 36.5 Å². The van der Waals surface area contributed by atoms with Crippen molar-refractivity contribution in [1.29, 1.82) is 0 Å². The van der Waals surface area contributed by atoms with Crippen molar-refractivity contribution in [2.45, 2.75) is 57.2 Å². The first-order valence-electron chi connectivity index (χ1n) is 9.20. The quantitative estimate of drug-likeness (QED) is 0.877. The summed E-state index contributed by atoms with van der Waals surface area (Å²) in [5.74, 6) is 0.624. The molecule has 0 saturated carbocycles. The van der Waals surface area contributed by atoms with Crippen molar-refractivity contribution < 1.29 is 4.79 Å². The van der Waals surface area contributed by atoms with E-state index in [-0.39, 0.29) is 11.9 Å². The Morgan fingerprint density at radius 1 is 1.28 bits per heavy atom. The van der Waals surface area contributed by atoms with Gasteiger partial charge in [0, 0.05) is 18.5 Å². The molecule has 1 aromatic heterocycles. The first kappa shape index (κ1) is 16.3. The van der Waals surface area contributed by atoms with Gasteiger partial charge in [-0.2, -0.15) is 0 Å². The smallest absolute Gasteiger partial charge is 0.220 e. The van der Waals surface area contributed by atoms with Gasteiger partial charge < -0.3 is 10.6 Å². The molecular formula is C19H25N5O. The van der Waals surface area contributed by atoms with Crippen LogP contribution in [-0.2, 0) is 4.79 Å². The maximum Gasteiger partial charge on any atom is 0.220 e. The van der Waals surface area contributed by atoms with Crippen molar-refractivity contribution in [3.8, 4) is 5.69 Å². The average Bonchev–Trinajstić information content (AvgIpc) is 3.22. The van der Waals surface area contributed by atoms with Gasteiger partial charge in [-0.05, 0) is 50.7 Å². The molecule has 25 heavy (non-hydrogen) atoms. The molecular weight excluding hydrogens is 314 g/mol. The van der Waals surface area contributed by atoms with Gasteiger partial charge in [0.2, 0.25) is 5.91 Å². The van der Waals surface area contributed by atoms with Gasteiger partial charge in [0.25, 0.3) is 0 Å². The molecule has 132 valence electrons. The summed E-state index contributed by atoms with van der Waals surface area (Å²) in [7, 11) is 0. The SMILES string of the molecule is CC(NC(=O)CC1CC2CCC(C1)N2)c1cn(-c2ccccc2)nn1. The zero-order chi connectivity index (χ0) is 17.2. The lowest BCUT2D eigenvalue weighted by Gasteiger charge is -2.28. The Labute approximate surface area is 148 Å². The molecule has 2 bridgehead atoms. The Hall–Kier alpha value is -2.21. The number of para-hydroxylation sites is 1. The molecule has 0 aliphatic carbocycles. The van der Waals surface area contributed by atoms with E-state index in [2.05, 4.69) is 20.9 Å². The molecule has 6 nitrogen and oxygen atoms in total. The van der Waals surface area contributed by atoms with E-state index in [1.165, 1.54) is 12.8 Å². The van der Waals surface area contributed by atoms with Gasteiger partial charge in [0.15, 0.2) is 0 Å². The maximum absolute atomic E-state index is 12.4. The van der Waals surface area contributed by atoms with E-state index >= 15 is 0 Å². The molecule has 2 aliphatic heterocycles. The van der Waals surface area contributed by atoms with E-state index in [4.69, 9.17) is 0 Å². The fourth-order valence-electron chi connectivity index (χ4n) is 4.16. The predicted molar refractivity (Wildman–Crippen MR) is 95.2 cm³/mol. The van der Waals surface area contributed by atoms with Crippen LogP contribution in [0.5, 0.6) is 0 Å². The third kappa shape index (κ3) is 3.74. The molecule has 2 aromatic rings. The molecule has 2 fully saturated rings. The van der Waals surface area contributed by atoms with Crippen LogP contribution >= 0.6 is 0 Å². The molecule has 4 rings (SSSR count). The molecule has 3 unspecified atom stereocenters. The Kier molecular flexibility index (Phi) is 4.53. The second-order valence-corrected chi connectivity index (χ2v) is 7.39. The minimum absolute atomic E-state index is 0.119. The van der Waals surface area contributed by atoms with Crippen LogP contribution in [-0.4, -0.2) is 33.0 Å². The third-order valence-electron chi connectivity index (χ3n) is 5.40. The monoisotopic (exact) mass is 339 g/mol. The van der Waals surface area contributed by atoms with Crippen LogP contribution in [0.1, 0.15) is 50.8 Å². The highest BCUT2D eigenvalue weighted by molar-refractivity contribution is 5.76. The number of aromatic nitrogens is 3. The van der Waals surface area contributed by atoms with Gasteiger partial charge in [-0.25, -0.2) is 4.68 Å². The topological polar surface area (TPSA) is 71.8 Å². The standard InChI is InChI=1S/C19H25N5O/c1-13(18-12-24(23-22-18)17-5-3-2-4-6-17)20-19(25)11-14-9-15-7-8-16(10-14)21-15/h2-6,12-16,21H,7-11H2,1H3,(H,20,25). The summed E-state index contributed by atoms with van der Waals surface area (Å²) in [5, 5.41) is 15.1. The highest BCUT2D eigenvalue weighted by Gasteiger charge is 2.34. The number of rotatable bonds is 5. The lowest BCUT2D eigenvalue weighted by Crippen LogP contribution is -2.40. The molecule has 2 aliphatic rings. The molecule has 6 heteroatoms. The van der Waals surface area contributed by atoms with Crippen LogP contribution in [0.2, 0.25) is 0 Å². The molecule has 0 radical (unpaired) electrons. The lowest BCUT2D eigenvalue weighted by molar-refractivity contribution is -0.123. The number of fused-ring (bicyclic) bond motifs is 2. The van der Waals surface area contributed by atoms with Crippen LogP contribution < -0.4 is 10.6 Å². The van der Waals surface area contributed by atoms with Crippen molar-refractivity contribution in [3.63, 3.8) is 0 Å². The molecule has 2 N–H and O–H groups in total. The van der Waals surface area contributed by atoms with Gasteiger partial charge in [-0.3, -0.25) is 4.79 Å². The van der Waals surface area contributed by atoms with Gasteiger partial charge in [-0.15, -0.1) is 5.10 Å². The summed E-state index contributed by atoms with van der Waals surface area (Å²) < 4.78 is 1.74. The van der Waals surface area contributed by atoms with Crippen molar-refractivity contribution in [2.75, 3.05) is 0 Å². The number of carbonyl (C=O) groups excluding carboxylic acids is 1. The van der Waals surface area contributed by atoms with E-state index in [1.807, 2.05) is 43.5 Å². The fraction of sp³-hybridized carbons (Fsp3) is 0.526. The second-order valence-electron chi connectivity index (χ2n) is 7.39. The number of nitrogens with zero attached hydrogens (tertiary/aromatic N) is 3. The van der Waals surface area contributed by atoms with Crippen molar-refractivity contribution in [1.82, 2.24) is 25.6 Å². The van der Waals surface area contributed by atoms with E-state index in [9.17, 15) is 4.79 Å². The lowest BCUT2D eigenvalue weighted by atomic mass is 9.89. The van der Waals surface area contributed by atoms with Crippen molar-refractivity contribution in [3.05, 3.63) is 42.2 Å². The predicted octanol–water partition coefficient (Wildman–Crippen LogP) is 2.37. The highest BCUT2D eigenvalue weighted by atomic mass is 16.1. The summed E-state index contributed by atoms with van der Waals surface area (Å²) in [6, 6.07) is 11.0. The number of amides is 1. The summed E-state index contributed by atoms with van der Waals surface area (Å²) in [6.45, 7) is 1.96. The van der Waals surface area contributed by atoms with Crippen LogP contribution in [0, 0.1) is 5.92 Å². The van der Waals surface area contributed by atoms with Crippen molar-refractivity contribution >= 4 is 5.91 Å². The zero-order valence-corrected chi connectivity index (χ0v) is 14.6. The number of benzene rings is 1. The van der Waals surface area contributed by atoms with Gasteiger partial charge in [-0.1, -0.05) is 23.4 Å².